The van der Waals surface area contributed by atoms with Crippen molar-refractivity contribution in [2.75, 3.05) is 33.4 Å². The third-order valence-electron chi connectivity index (χ3n) is 1.96. The molecule has 0 amide bonds. The molecule has 10 heavy (non-hydrogen) atoms. The maximum atomic E-state index is 5.78. The summed E-state index contributed by atoms with van der Waals surface area (Å²) in [7, 11) is 2.05. The maximum absolute atomic E-state index is 5.78. The van der Waals surface area contributed by atoms with E-state index >= 15 is 0 Å². The number of morpholine rings is 1. The van der Waals surface area contributed by atoms with E-state index in [4.69, 9.17) is 27.9 Å². The summed E-state index contributed by atoms with van der Waals surface area (Å²) in [6.07, 6.45) is 0. The van der Waals surface area contributed by atoms with Crippen LogP contribution in [0.5, 0.6) is 0 Å². The Morgan fingerprint density at radius 3 is 2.10 bits per heavy atom. The Kier molecular flexibility index (Phi) is 2.81. The molecule has 0 atom stereocenters. The number of nitrogens with zero attached hydrogens (tertiary/aromatic N) is 1. The minimum atomic E-state index is -0.316. The van der Waals surface area contributed by atoms with Crippen molar-refractivity contribution in [2.45, 2.75) is 4.96 Å². The number of likely N-dealkylation sites (N-methyl/N-ethyl adjacent to an activating group) is 1. The first-order valence-corrected chi connectivity index (χ1v) is 4.22. The summed E-state index contributed by atoms with van der Waals surface area (Å²) in [4.78, 5) is -0.316. The van der Waals surface area contributed by atoms with Gasteiger partial charge in [-0.1, -0.05) is 0 Å². The van der Waals surface area contributed by atoms with Crippen LogP contribution in [-0.2, 0) is 4.74 Å². The zero-order valence-electron chi connectivity index (χ0n) is 6.02. The highest BCUT2D eigenvalue weighted by atomic mass is 35.5. The molecule has 4 heteroatoms. The molecular formula is C6H12Cl2NO+. The zero-order chi connectivity index (χ0) is 7.61. The van der Waals surface area contributed by atoms with Crippen molar-refractivity contribution in [3.63, 3.8) is 0 Å². The lowest BCUT2D eigenvalue weighted by Gasteiger charge is -2.38. The van der Waals surface area contributed by atoms with E-state index in [1.54, 1.807) is 0 Å². The van der Waals surface area contributed by atoms with Gasteiger partial charge in [0.2, 0.25) is 4.96 Å². The van der Waals surface area contributed by atoms with Crippen molar-refractivity contribution in [2.24, 2.45) is 0 Å². The lowest BCUT2D eigenvalue weighted by molar-refractivity contribution is -0.916. The van der Waals surface area contributed by atoms with Crippen LogP contribution in [-0.4, -0.2) is 42.8 Å². The fourth-order valence-corrected chi connectivity index (χ4v) is 1.35. The largest absolute Gasteiger partial charge is 0.370 e. The zero-order valence-corrected chi connectivity index (χ0v) is 7.53. The van der Waals surface area contributed by atoms with Crippen molar-refractivity contribution in [3.8, 4) is 0 Å². The lowest BCUT2D eigenvalue weighted by atomic mass is 10.4. The highest BCUT2D eigenvalue weighted by Gasteiger charge is 2.31. The molecule has 60 valence electrons. The van der Waals surface area contributed by atoms with E-state index in [0.29, 0.717) is 4.48 Å². The van der Waals surface area contributed by atoms with Gasteiger partial charge in [-0.15, -0.1) is 0 Å². The molecule has 1 aliphatic heterocycles. The van der Waals surface area contributed by atoms with Crippen LogP contribution in [0.2, 0.25) is 0 Å². The molecule has 0 bridgehead atoms. The fraction of sp³-hybridized carbons (Fsp3) is 1.00. The summed E-state index contributed by atoms with van der Waals surface area (Å²) < 4.78 is 5.89. The second kappa shape index (κ2) is 3.26. The lowest BCUT2D eigenvalue weighted by Crippen LogP contribution is -2.54. The highest BCUT2D eigenvalue weighted by Crippen LogP contribution is 2.19. The Labute approximate surface area is 71.2 Å². The Morgan fingerprint density at radius 1 is 1.30 bits per heavy atom. The van der Waals surface area contributed by atoms with Crippen molar-refractivity contribution < 1.29 is 9.22 Å². The number of ether oxygens (including phenoxy) is 1. The third kappa shape index (κ3) is 1.76. The molecule has 1 fully saturated rings. The number of halogens is 2. The third-order valence-corrected chi connectivity index (χ3v) is 2.91. The SMILES string of the molecule is C[N+]1(C(Cl)Cl)CCOCC1. The Bertz CT molecular complexity index is 112. The van der Waals surface area contributed by atoms with Crippen LogP contribution in [0.1, 0.15) is 0 Å². The molecule has 0 radical (unpaired) electrons. The van der Waals surface area contributed by atoms with E-state index in [0.717, 1.165) is 26.3 Å². The molecule has 0 aromatic rings. The van der Waals surface area contributed by atoms with Crippen LogP contribution in [0.3, 0.4) is 0 Å². The second-order valence-electron chi connectivity index (χ2n) is 2.82. The van der Waals surface area contributed by atoms with Crippen LogP contribution in [0.4, 0.5) is 0 Å². The molecule has 0 unspecified atom stereocenters. The topological polar surface area (TPSA) is 9.23 Å². The maximum Gasteiger partial charge on any atom is 0.241 e. The van der Waals surface area contributed by atoms with E-state index < -0.39 is 0 Å². The molecule has 0 aromatic heterocycles. The minimum absolute atomic E-state index is 0.316. The minimum Gasteiger partial charge on any atom is -0.370 e. The molecule has 0 aromatic carbocycles. The Balaban J connectivity index is 2.48. The van der Waals surface area contributed by atoms with Gasteiger partial charge in [0.25, 0.3) is 0 Å². The quantitative estimate of drug-likeness (QED) is 0.339. The Hall–Kier alpha value is 0.500. The fourth-order valence-electron chi connectivity index (χ4n) is 0.955. The van der Waals surface area contributed by atoms with Crippen LogP contribution in [0.15, 0.2) is 0 Å². The predicted molar refractivity (Wildman–Crippen MR) is 42.2 cm³/mol. The van der Waals surface area contributed by atoms with Crippen molar-refractivity contribution in [1.29, 1.82) is 0 Å². The second-order valence-corrected chi connectivity index (χ2v) is 3.87. The number of rotatable bonds is 1. The number of hydrogen-bond acceptors (Lipinski definition) is 1. The smallest absolute Gasteiger partial charge is 0.241 e. The predicted octanol–water partition coefficient (Wildman–Crippen LogP) is 1.22. The number of quaternary nitrogens is 1. The van der Waals surface area contributed by atoms with E-state index in [1.807, 2.05) is 7.05 Å². The van der Waals surface area contributed by atoms with Gasteiger partial charge in [-0.25, -0.2) is 0 Å². The first-order chi connectivity index (χ1) is 4.65. The number of alkyl halides is 2. The van der Waals surface area contributed by atoms with E-state index in [9.17, 15) is 0 Å². The van der Waals surface area contributed by atoms with Gasteiger partial charge in [0.1, 0.15) is 13.1 Å². The van der Waals surface area contributed by atoms with Gasteiger partial charge in [-0.05, 0) is 23.2 Å². The van der Waals surface area contributed by atoms with Gasteiger partial charge in [0, 0.05) is 0 Å². The molecule has 0 aliphatic carbocycles. The first-order valence-electron chi connectivity index (χ1n) is 3.35. The van der Waals surface area contributed by atoms with Gasteiger partial charge < -0.3 is 4.74 Å². The number of hydrogen-bond donors (Lipinski definition) is 0. The van der Waals surface area contributed by atoms with Gasteiger partial charge in [-0.2, -0.15) is 0 Å². The molecule has 0 N–H and O–H groups in total. The molecule has 1 heterocycles. The van der Waals surface area contributed by atoms with Gasteiger partial charge in [0.15, 0.2) is 0 Å². The summed E-state index contributed by atoms with van der Waals surface area (Å²) >= 11 is 11.6. The molecular weight excluding hydrogens is 173 g/mol. The average molecular weight is 185 g/mol. The molecule has 1 saturated heterocycles. The van der Waals surface area contributed by atoms with Gasteiger partial charge in [0.05, 0.1) is 20.3 Å². The van der Waals surface area contributed by atoms with Crippen LogP contribution >= 0.6 is 23.2 Å². The molecule has 0 saturated carbocycles. The summed E-state index contributed by atoms with van der Waals surface area (Å²) in [6, 6.07) is 0. The highest BCUT2D eigenvalue weighted by molar-refractivity contribution is 6.43. The monoisotopic (exact) mass is 184 g/mol. The molecule has 0 spiro atoms. The van der Waals surface area contributed by atoms with Crippen molar-refractivity contribution in [3.05, 3.63) is 0 Å². The average Bonchev–Trinajstić information content (AvgIpc) is 1.89. The van der Waals surface area contributed by atoms with Crippen LogP contribution in [0, 0.1) is 0 Å². The van der Waals surface area contributed by atoms with Gasteiger partial charge in [-0.3, -0.25) is 4.48 Å². The molecule has 1 aliphatic rings. The van der Waals surface area contributed by atoms with E-state index in [-0.39, 0.29) is 4.96 Å². The van der Waals surface area contributed by atoms with E-state index in [1.165, 1.54) is 0 Å². The van der Waals surface area contributed by atoms with E-state index in [2.05, 4.69) is 0 Å². The van der Waals surface area contributed by atoms with Crippen LogP contribution in [0.25, 0.3) is 0 Å². The normalized spacial score (nSPS) is 25.2. The Morgan fingerprint density at radius 2 is 1.80 bits per heavy atom. The summed E-state index contributed by atoms with van der Waals surface area (Å²) in [5.74, 6) is 0. The van der Waals surface area contributed by atoms with Crippen molar-refractivity contribution >= 4 is 23.2 Å². The van der Waals surface area contributed by atoms with Crippen molar-refractivity contribution in [1.82, 2.24) is 0 Å². The summed E-state index contributed by atoms with van der Waals surface area (Å²) in [6.45, 7) is 3.37. The standard InChI is InChI=1S/C6H12Cl2NO/c1-9(6(7)8)2-4-10-5-3-9/h6H,2-5H2,1H3/q+1. The molecule has 1 rings (SSSR count). The summed E-state index contributed by atoms with van der Waals surface area (Å²) in [5, 5.41) is 0. The summed E-state index contributed by atoms with van der Waals surface area (Å²) in [5.41, 5.74) is 0. The van der Waals surface area contributed by atoms with Crippen LogP contribution < -0.4 is 0 Å². The molecule has 2 nitrogen and oxygen atoms in total. The van der Waals surface area contributed by atoms with Gasteiger partial charge >= 0.3 is 0 Å². The first kappa shape index (κ1) is 8.60.